The van der Waals surface area contributed by atoms with Crippen molar-refractivity contribution in [2.45, 2.75) is 13.1 Å². The summed E-state index contributed by atoms with van der Waals surface area (Å²) < 4.78 is 5.52. The molecule has 0 unspecified atom stereocenters. The van der Waals surface area contributed by atoms with Gasteiger partial charge in [0.2, 0.25) is 0 Å². The molecule has 0 spiro atoms. The summed E-state index contributed by atoms with van der Waals surface area (Å²) in [6.07, 6.45) is 0. The molecule has 0 saturated carbocycles. The van der Waals surface area contributed by atoms with Crippen molar-refractivity contribution in [2.75, 3.05) is 43.0 Å². The van der Waals surface area contributed by atoms with Crippen LogP contribution in [0.3, 0.4) is 0 Å². The molecule has 5 rings (SSSR count). The van der Waals surface area contributed by atoms with Gasteiger partial charge in [-0.1, -0.05) is 48.5 Å². The molecule has 0 bridgehead atoms. The van der Waals surface area contributed by atoms with Gasteiger partial charge in [-0.2, -0.15) is 0 Å². The van der Waals surface area contributed by atoms with Crippen LogP contribution >= 0.6 is 0 Å². The first-order chi connectivity index (χ1) is 16.7. The zero-order valence-corrected chi connectivity index (χ0v) is 19.0. The van der Waals surface area contributed by atoms with Crippen molar-refractivity contribution < 1.29 is 14.3 Å². The van der Waals surface area contributed by atoms with Crippen molar-refractivity contribution in [1.82, 2.24) is 10.2 Å². The van der Waals surface area contributed by atoms with Crippen LogP contribution in [0, 0.1) is 0 Å². The maximum absolute atomic E-state index is 12.9. The number of piperazine rings is 1. The molecular formula is C27H28N4O3. The van der Waals surface area contributed by atoms with E-state index in [-0.39, 0.29) is 18.4 Å². The minimum absolute atomic E-state index is 0.0857. The Hall–Kier alpha value is -3.84. The number of hydrogen-bond donors (Lipinski definition) is 2. The fourth-order valence-electron chi connectivity index (χ4n) is 4.49. The van der Waals surface area contributed by atoms with Crippen molar-refractivity contribution in [3.05, 3.63) is 89.5 Å². The van der Waals surface area contributed by atoms with Crippen LogP contribution < -0.4 is 20.3 Å². The van der Waals surface area contributed by atoms with Crippen LogP contribution in [0.2, 0.25) is 0 Å². The molecule has 7 nitrogen and oxygen atoms in total. The van der Waals surface area contributed by atoms with Gasteiger partial charge in [-0.05, 0) is 35.4 Å². The van der Waals surface area contributed by atoms with Crippen LogP contribution in [0.25, 0.3) is 0 Å². The summed E-state index contributed by atoms with van der Waals surface area (Å²) in [6, 6.07) is 24.0. The first-order valence-corrected chi connectivity index (χ1v) is 11.6. The van der Waals surface area contributed by atoms with E-state index >= 15 is 0 Å². The van der Waals surface area contributed by atoms with E-state index in [0.29, 0.717) is 23.5 Å². The summed E-state index contributed by atoms with van der Waals surface area (Å²) in [4.78, 5) is 29.4. The number of benzene rings is 3. The number of nitrogens with zero attached hydrogens (tertiary/aromatic N) is 2. The van der Waals surface area contributed by atoms with E-state index in [2.05, 4.69) is 56.8 Å². The molecule has 0 atom stereocenters. The third kappa shape index (κ3) is 4.89. The lowest BCUT2D eigenvalue weighted by atomic mass is 10.1. The molecule has 0 aliphatic carbocycles. The third-order valence-corrected chi connectivity index (χ3v) is 6.33. The Kier molecular flexibility index (Phi) is 6.44. The monoisotopic (exact) mass is 456 g/mol. The summed E-state index contributed by atoms with van der Waals surface area (Å²) in [5, 5.41) is 5.77. The van der Waals surface area contributed by atoms with Gasteiger partial charge in [0.25, 0.3) is 11.8 Å². The standard InChI is InChI=1S/C27H28N4O3/c32-25-19-34-26-23(11-6-12-24(26)29-25)27(33)28-17-20-7-4-5-8-21(20)18-30-13-15-31(16-14-30)22-9-2-1-3-10-22/h1-12H,13-19H2,(H,28,33)(H,29,32). The maximum atomic E-state index is 12.9. The summed E-state index contributed by atoms with van der Waals surface area (Å²) in [7, 11) is 0. The number of hydrogen-bond acceptors (Lipinski definition) is 5. The van der Waals surface area contributed by atoms with Gasteiger partial charge in [-0.25, -0.2) is 0 Å². The Labute approximate surface area is 199 Å². The van der Waals surface area contributed by atoms with E-state index in [0.717, 1.165) is 38.3 Å². The third-order valence-electron chi connectivity index (χ3n) is 6.33. The molecule has 2 aliphatic heterocycles. The average Bonchev–Trinajstić information content (AvgIpc) is 2.88. The van der Waals surface area contributed by atoms with Gasteiger partial charge in [0.15, 0.2) is 12.4 Å². The normalized spacial score (nSPS) is 15.8. The number of carbonyl (C=O) groups excluding carboxylic acids is 2. The van der Waals surface area contributed by atoms with Gasteiger partial charge in [-0.3, -0.25) is 14.5 Å². The number of rotatable bonds is 6. The van der Waals surface area contributed by atoms with E-state index in [9.17, 15) is 9.59 Å². The van der Waals surface area contributed by atoms with Crippen molar-refractivity contribution in [2.24, 2.45) is 0 Å². The van der Waals surface area contributed by atoms with E-state index in [4.69, 9.17) is 4.74 Å². The molecule has 3 aromatic carbocycles. The van der Waals surface area contributed by atoms with Crippen LogP contribution in [0.5, 0.6) is 5.75 Å². The predicted octanol–water partition coefficient (Wildman–Crippen LogP) is 3.27. The van der Waals surface area contributed by atoms with E-state index in [1.54, 1.807) is 18.2 Å². The Morgan fingerprint density at radius 1 is 0.882 bits per heavy atom. The van der Waals surface area contributed by atoms with Crippen LogP contribution in [0.4, 0.5) is 11.4 Å². The highest BCUT2D eigenvalue weighted by Gasteiger charge is 2.23. The van der Waals surface area contributed by atoms with E-state index < -0.39 is 0 Å². The molecule has 0 aromatic heterocycles. The average molecular weight is 457 g/mol. The highest BCUT2D eigenvalue weighted by molar-refractivity contribution is 6.03. The van der Waals surface area contributed by atoms with Crippen molar-refractivity contribution in [1.29, 1.82) is 0 Å². The minimum atomic E-state index is -0.223. The van der Waals surface area contributed by atoms with Crippen LogP contribution in [-0.2, 0) is 17.9 Å². The van der Waals surface area contributed by atoms with Crippen molar-refractivity contribution in [3.63, 3.8) is 0 Å². The molecule has 2 N–H and O–H groups in total. The number of ether oxygens (including phenoxy) is 1. The van der Waals surface area contributed by atoms with Gasteiger partial charge < -0.3 is 20.3 Å². The lowest BCUT2D eigenvalue weighted by Crippen LogP contribution is -2.46. The second kappa shape index (κ2) is 9.97. The van der Waals surface area contributed by atoms with Crippen molar-refractivity contribution >= 4 is 23.2 Å². The smallest absolute Gasteiger partial charge is 0.262 e. The van der Waals surface area contributed by atoms with Gasteiger partial charge >= 0.3 is 0 Å². The summed E-state index contributed by atoms with van der Waals surface area (Å²) in [5.41, 5.74) is 4.54. The fourth-order valence-corrected chi connectivity index (χ4v) is 4.49. The zero-order valence-electron chi connectivity index (χ0n) is 19.0. The molecule has 0 radical (unpaired) electrons. The fraction of sp³-hybridized carbons (Fsp3) is 0.259. The molecule has 174 valence electrons. The number of fused-ring (bicyclic) bond motifs is 1. The molecule has 34 heavy (non-hydrogen) atoms. The first-order valence-electron chi connectivity index (χ1n) is 11.6. The lowest BCUT2D eigenvalue weighted by Gasteiger charge is -2.36. The number of carbonyl (C=O) groups is 2. The van der Waals surface area contributed by atoms with Crippen molar-refractivity contribution in [3.8, 4) is 5.75 Å². The second-order valence-electron chi connectivity index (χ2n) is 8.57. The topological polar surface area (TPSA) is 73.9 Å². The van der Waals surface area contributed by atoms with Gasteiger partial charge in [-0.15, -0.1) is 0 Å². The molecule has 1 fully saturated rings. The van der Waals surface area contributed by atoms with Crippen LogP contribution in [0.15, 0.2) is 72.8 Å². The van der Waals surface area contributed by atoms with Gasteiger partial charge in [0.05, 0.1) is 11.3 Å². The molecule has 2 aliphatic rings. The van der Waals surface area contributed by atoms with Gasteiger partial charge in [0.1, 0.15) is 0 Å². The maximum Gasteiger partial charge on any atom is 0.262 e. The van der Waals surface area contributed by atoms with Crippen LogP contribution in [-0.4, -0.2) is 49.5 Å². The molecule has 3 aromatic rings. The summed E-state index contributed by atoms with van der Waals surface area (Å²) in [5.74, 6) is -0.0213. The predicted molar refractivity (Wildman–Crippen MR) is 132 cm³/mol. The molecule has 2 amide bonds. The molecule has 2 heterocycles. The largest absolute Gasteiger partial charge is 0.481 e. The Bertz CT molecular complexity index is 1170. The summed E-state index contributed by atoms with van der Waals surface area (Å²) in [6.45, 7) is 5.18. The Morgan fingerprint density at radius 2 is 1.62 bits per heavy atom. The quantitative estimate of drug-likeness (QED) is 0.596. The number of para-hydroxylation sites is 2. The number of nitrogens with one attached hydrogen (secondary N) is 2. The number of anilines is 2. The zero-order chi connectivity index (χ0) is 23.3. The molecule has 7 heteroatoms. The highest BCUT2D eigenvalue weighted by Crippen LogP contribution is 2.31. The molecular weight excluding hydrogens is 428 g/mol. The Balaban J connectivity index is 1.20. The van der Waals surface area contributed by atoms with E-state index in [1.165, 1.54) is 11.3 Å². The first kappa shape index (κ1) is 22.0. The molecule has 1 saturated heterocycles. The lowest BCUT2D eigenvalue weighted by molar-refractivity contribution is -0.118. The minimum Gasteiger partial charge on any atom is -0.481 e. The van der Waals surface area contributed by atoms with Crippen LogP contribution in [0.1, 0.15) is 21.5 Å². The highest BCUT2D eigenvalue weighted by atomic mass is 16.5. The SMILES string of the molecule is O=C1COc2c(cccc2C(=O)NCc2ccccc2CN2CCN(c3ccccc3)CC2)N1. The van der Waals surface area contributed by atoms with E-state index in [1.807, 2.05) is 18.2 Å². The van der Waals surface area contributed by atoms with Gasteiger partial charge in [0, 0.05) is 45.0 Å². The second-order valence-corrected chi connectivity index (χ2v) is 8.57. The number of amides is 2. The summed E-state index contributed by atoms with van der Waals surface area (Å²) >= 11 is 0. The Morgan fingerprint density at radius 3 is 2.41 bits per heavy atom.